The van der Waals surface area contributed by atoms with Crippen LogP contribution in [0, 0.1) is 6.92 Å². The van der Waals surface area contributed by atoms with Gasteiger partial charge in [0.15, 0.2) is 0 Å². The average Bonchev–Trinajstić information content (AvgIpc) is 2.73. The number of benzene rings is 1. The fourth-order valence-corrected chi connectivity index (χ4v) is 2.24. The summed E-state index contributed by atoms with van der Waals surface area (Å²) in [6, 6.07) is 10.5. The standard InChI is InChI=1S/C15H21N3/c1-4-13-10-15(18(3)17-13)14(16)9-12-8-6-5-7-11(12)2/h5-8,10,14H,4,9,16H2,1-3H3. The van der Waals surface area contributed by atoms with E-state index in [1.54, 1.807) is 0 Å². The highest BCUT2D eigenvalue weighted by atomic mass is 15.3. The molecule has 2 N–H and O–H groups in total. The summed E-state index contributed by atoms with van der Waals surface area (Å²) in [6.07, 6.45) is 1.81. The second-order valence-electron chi connectivity index (χ2n) is 4.77. The van der Waals surface area contributed by atoms with Crippen molar-refractivity contribution < 1.29 is 0 Å². The van der Waals surface area contributed by atoms with Gasteiger partial charge in [-0.3, -0.25) is 4.68 Å². The van der Waals surface area contributed by atoms with Crippen LogP contribution in [-0.2, 0) is 19.9 Å². The minimum absolute atomic E-state index is 0.00361. The molecule has 2 rings (SSSR count). The molecule has 3 nitrogen and oxygen atoms in total. The third-order valence-electron chi connectivity index (χ3n) is 3.41. The van der Waals surface area contributed by atoms with E-state index in [2.05, 4.69) is 49.3 Å². The lowest BCUT2D eigenvalue weighted by Gasteiger charge is -2.13. The Hall–Kier alpha value is -1.61. The first-order valence-corrected chi connectivity index (χ1v) is 6.44. The second kappa shape index (κ2) is 5.36. The van der Waals surface area contributed by atoms with Gasteiger partial charge in [-0.25, -0.2) is 0 Å². The van der Waals surface area contributed by atoms with E-state index in [1.807, 2.05) is 11.7 Å². The van der Waals surface area contributed by atoms with Crippen molar-refractivity contribution >= 4 is 0 Å². The molecule has 1 aromatic carbocycles. The molecule has 0 amide bonds. The SMILES string of the molecule is CCc1cc(C(N)Cc2ccccc2C)n(C)n1. The van der Waals surface area contributed by atoms with Crippen molar-refractivity contribution in [3.8, 4) is 0 Å². The van der Waals surface area contributed by atoms with Gasteiger partial charge in [-0.15, -0.1) is 0 Å². The van der Waals surface area contributed by atoms with E-state index in [1.165, 1.54) is 11.1 Å². The molecule has 0 bridgehead atoms. The molecular weight excluding hydrogens is 222 g/mol. The van der Waals surface area contributed by atoms with E-state index in [-0.39, 0.29) is 6.04 Å². The number of nitrogens with zero attached hydrogens (tertiary/aromatic N) is 2. The predicted octanol–water partition coefficient (Wildman–Crippen LogP) is 2.53. The number of nitrogens with two attached hydrogens (primary N) is 1. The van der Waals surface area contributed by atoms with Crippen LogP contribution in [0.1, 0.15) is 35.5 Å². The summed E-state index contributed by atoms with van der Waals surface area (Å²) in [4.78, 5) is 0. The highest BCUT2D eigenvalue weighted by molar-refractivity contribution is 5.28. The predicted molar refractivity (Wildman–Crippen MR) is 74.4 cm³/mol. The second-order valence-corrected chi connectivity index (χ2v) is 4.77. The molecule has 0 aliphatic heterocycles. The number of rotatable bonds is 4. The first-order valence-electron chi connectivity index (χ1n) is 6.44. The van der Waals surface area contributed by atoms with Crippen LogP contribution >= 0.6 is 0 Å². The summed E-state index contributed by atoms with van der Waals surface area (Å²) >= 11 is 0. The normalized spacial score (nSPS) is 12.7. The largest absolute Gasteiger partial charge is 0.322 e. The van der Waals surface area contributed by atoms with Crippen molar-refractivity contribution in [1.29, 1.82) is 0 Å². The lowest BCUT2D eigenvalue weighted by Crippen LogP contribution is -2.17. The van der Waals surface area contributed by atoms with Gasteiger partial charge >= 0.3 is 0 Å². The van der Waals surface area contributed by atoms with E-state index < -0.39 is 0 Å². The maximum absolute atomic E-state index is 6.30. The molecule has 0 aliphatic rings. The third kappa shape index (κ3) is 2.62. The van der Waals surface area contributed by atoms with Crippen LogP contribution in [-0.4, -0.2) is 9.78 Å². The van der Waals surface area contributed by atoms with Gasteiger partial charge in [-0.05, 0) is 37.0 Å². The Labute approximate surface area is 109 Å². The van der Waals surface area contributed by atoms with Crippen LogP contribution in [0.15, 0.2) is 30.3 Å². The average molecular weight is 243 g/mol. The van der Waals surface area contributed by atoms with Crippen molar-refractivity contribution in [2.75, 3.05) is 0 Å². The van der Waals surface area contributed by atoms with Gasteiger partial charge in [0.2, 0.25) is 0 Å². The summed E-state index contributed by atoms with van der Waals surface area (Å²) in [5.74, 6) is 0. The maximum atomic E-state index is 6.30. The summed E-state index contributed by atoms with van der Waals surface area (Å²) in [5, 5.41) is 4.45. The molecule has 1 atom stereocenters. The smallest absolute Gasteiger partial charge is 0.0625 e. The summed E-state index contributed by atoms with van der Waals surface area (Å²) in [6.45, 7) is 4.24. The molecule has 1 unspecified atom stereocenters. The van der Waals surface area contributed by atoms with Crippen LogP contribution < -0.4 is 5.73 Å². The number of aryl methyl sites for hydroxylation is 3. The summed E-state index contributed by atoms with van der Waals surface area (Å²) in [7, 11) is 1.96. The van der Waals surface area contributed by atoms with Crippen molar-refractivity contribution in [2.24, 2.45) is 12.8 Å². The van der Waals surface area contributed by atoms with Crippen LogP contribution in [0.25, 0.3) is 0 Å². The topological polar surface area (TPSA) is 43.8 Å². The van der Waals surface area contributed by atoms with Crippen LogP contribution in [0.3, 0.4) is 0 Å². The zero-order chi connectivity index (χ0) is 13.1. The van der Waals surface area contributed by atoms with Crippen LogP contribution in [0.2, 0.25) is 0 Å². The van der Waals surface area contributed by atoms with Crippen molar-refractivity contribution in [1.82, 2.24) is 9.78 Å². The Morgan fingerprint density at radius 3 is 2.67 bits per heavy atom. The quantitative estimate of drug-likeness (QED) is 0.896. The van der Waals surface area contributed by atoms with Crippen LogP contribution in [0.4, 0.5) is 0 Å². The summed E-state index contributed by atoms with van der Waals surface area (Å²) in [5.41, 5.74) is 11.1. The van der Waals surface area contributed by atoms with Gasteiger partial charge in [0, 0.05) is 7.05 Å². The fraction of sp³-hybridized carbons (Fsp3) is 0.400. The number of hydrogen-bond donors (Lipinski definition) is 1. The zero-order valence-electron chi connectivity index (χ0n) is 11.4. The monoisotopic (exact) mass is 243 g/mol. The molecule has 1 aromatic heterocycles. The van der Waals surface area contributed by atoms with E-state index in [0.29, 0.717) is 0 Å². The molecule has 96 valence electrons. The van der Waals surface area contributed by atoms with E-state index >= 15 is 0 Å². The molecule has 0 aliphatic carbocycles. The summed E-state index contributed by atoms with van der Waals surface area (Å²) < 4.78 is 1.90. The molecular formula is C15H21N3. The Bertz CT molecular complexity index is 528. The first-order chi connectivity index (χ1) is 8.61. The van der Waals surface area contributed by atoms with Crippen LogP contribution in [0.5, 0.6) is 0 Å². The Morgan fingerprint density at radius 1 is 1.33 bits per heavy atom. The molecule has 0 saturated carbocycles. The maximum Gasteiger partial charge on any atom is 0.0625 e. The Balaban J connectivity index is 2.19. The van der Waals surface area contributed by atoms with Gasteiger partial charge < -0.3 is 5.73 Å². The minimum atomic E-state index is 0.00361. The lowest BCUT2D eigenvalue weighted by atomic mass is 9.99. The van der Waals surface area contributed by atoms with Gasteiger partial charge in [0.1, 0.15) is 0 Å². The highest BCUT2D eigenvalue weighted by Gasteiger charge is 2.13. The number of hydrogen-bond acceptors (Lipinski definition) is 2. The Kier molecular flexibility index (Phi) is 3.82. The molecule has 2 aromatic rings. The molecule has 0 spiro atoms. The minimum Gasteiger partial charge on any atom is -0.322 e. The van der Waals surface area contributed by atoms with E-state index in [4.69, 9.17) is 5.73 Å². The van der Waals surface area contributed by atoms with E-state index in [9.17, 15) is 0 Å². The van der Waals surface area contributed by atoms with Crippen molar-refractivity contribution in [2.45, 2.75) is 32.7 Å². The highest BCUT2D eigenvalue weighted by Crippen LogP contribution is 2.19. The Morgan fingerprint density at radius 2 is 2.06 bits per heavy atom. The zero-order valence-corrected chi connectivity index (χ0v) is 11.4. The molecule has 18 heavy (non-hydrogen) atoms. The lowest BCUT2D eigenvalue weighted by molar-refractivity contribution is 0.613. The van der Waals surface area contributed by atoms with Crippen molar-refractivity contribution in [3.05, 3.63) is 52.8 Å². The molecule has 1 heterocycles. The third-order valence-corrected chi connectivity index (χ3v) is 3.41. The first kappa shape index (κ1) is 12.8. The fourth-order valence-electron chi connectivity index (χ4n) is 2.24. The molecule has 0 saturated heterocycles. The van der Waals surface area contributed by atoms with Gasteiger partial charge in [-0.2, -0.15) is 5.10 Å². The van der Waals surface area contributed by atoms with E-state index in [0.717, 1.165) is 24.2 Å². The van der Waals surface area contributed by atoms with Gasteiger partial charge in [0.05, 0.1) is 17.4 Å². The van der Waals surface area contributed by atoms with Gasteiger partial charge in [0.25, 0.3) is 0 Å². The van der Waals surface area contributed by atoms with Gasteiger partial charge in [-0.1, -0.05) is 31.2 Å². The molecule has 0 radical (unpaired) electrons. The molecule has 3 heteroatoms. The molecule has 0 fully saturated rings. The van der Waals surface area contributed by atoms with Crippen molar-refractivity contribution in [3.63, 3.8) is 0 Å². The number of aromatic nitrogens is 2.